The van der Waals surface area contributed by atoms with Crippen LogP contribution < -0.4 is 5.32 Å². The van der Waals surface area contributed by atoms with Gasteiger partial charge in [0.2, 0.25) is 5.89 Å². The molecular weight excluding hydrogens is 280 g/mol. The van der Waals surface area contributed by atoms with E-state index in [1.807, 2.05) is 44.2 Å². The summed E-state index contributed by atoms with van der Waals surface area (Å²) in [5, 5.41) is 14.2. The van der Waals surface area contributed by atoms with Crippen molar-refractivity contribution < 1.29 is 4.52 Å². The quantitative estimate of drug-likeness (QED) is 0.724. The highest BCUT2D eigenvalue weighted by Crippen LogP contribution is 2.19. The molecule has 0 unspecified atom stereocenters. The lowest BCUT2D eigenvalue weighted by atomic mass is 10.1. The first-order valence-corrected chi connectivity index (χ1v) is 7.20. The molecule has 0 radical (unpaired) electrons. The molecule has 1 atom stereocenters. The minimum absolute atomic E-state index is 0.113. The Hall–Kier alpha value is -2.54. The molecule has 3 rings (SSSR count). The number of aromatic nitrogens is 5. The maximum atomic E-state index is 5.26. The molecule has 0 saturated heterocycles. The molecule has 2 N–H and O–H groups in total. The van der Waals surface area contributed by atoms with Crippen LogP contribution >= 0.6 is 0 Å². The van der Waals surface area contributed by atoms with Crippen LogP contribution in [0.4, 0.5) is 0 Å². The second-order valence-corrected chi connectivity index (χ2v) is 5.30. The minimum atomic E-state index is -0.113. The lowest BCUT2D eigenvalue weighted by Gasteiger charge is -2.15. The van der Waals surface area contributed by atoms with Crippen molar-refractivity contribution in [3.63, 3.8) is 0 Å². The standard InChI is InChI=1S/C15H18N6O/c1-10(2)14-19-12(22-21-14)8-16-13(15-17-9-18-20-15)11-6-4-3-5-7-11/h3-7,9-10,13,16H,8H2,1-2H3,(H,17,18,20)/t13-/m1/s1. The normalized spacial score (nSPS) is 12.7. The zero-order chi connectivity index (χ0) is 15.4. The lowest BCUT2D eigenvalue weighted by molar-refractivity contribution is 0.356. The molecule has 0 saturated carbocycles. The predicted octanol–water partition coefficient (Wildman–Crippen LogP) is 2.19. The van der Waals surface area contributed by atoms with E-state index in [0.29, 0.717) is 18.3 Å². The Labute approximate surface area is 128 Å². The molecule has 0 spiro atoms. The first kappa shape index (κ1) is 14.4. The first-order chi connectivity index (χ1) is 10.7. The number of hydrogen-bond donors (Lipinski definition) is 2. The smallest absolute Gasteiger partial charge is 0.240 e. The summed E-state index contributed by atoms with van der Waals surface area (Å²) in [6.07, 6.45) is 1.50. The van der Waals surface area contributed by atoms with Gasteiger partial charge >= 0.3 is 0 Å². The number of hydrogen-bond acceptors (Lipinski definition) is 6. The van der Waals surface area contributed by atoms with Gasteiger partial charge in [0.1, 0.15) is 12.2 Å². The molecule has 2 heterocycles. The summed E-state index contributed by atoms with van der Waals surface area (Å²) in [5.74, 6) is 2.27. The van der Waals surface area contributed by atoms with Crippen LogP contribution in [0.25, 0.3) is 0 Å². The van der Waals surface area contributed by atoms with Crippen molar-refractivity contribution in [3.8, 4) is 0 Å². The van der Waals surface area contributed by atoms with E-state index < -0.39 is 0 Å². The average molecular weight is 298 g/mol. The SMILES string of the molecule is CC(C)c1noc(CN[C@H](c2ccccc2)c2ncn[nH]2)n1. The van der Waals surface area contributed by atoms with Crippen molar-refractivity contribution in [2.45, 2.75) is 32.4 Å². The number of benzene rings is 1. The lowest BCUT2D eigenvalue weighted by Crippen LogP contribution is -2.23. The van der Waals surface area contributed by atoms with Crippen LogP contribution in [0.15, 0.2) is 41.2 Å². The van der Waals surface area contributed by atoms with Crippen LogP contribution in [0.5, 0.6) is 0 Å². The fraction of sp³-hybridized carbons (Fsp3) is 0.333. The summed E-state index contributed by atoms with van der Waals surface area (Å²) >= 11 is 0. The molecule has 0 fully saturated rings. The molecule has 22 heavy (non-hydrogen) atoms. The zero-order valence-electron chi connectivity index (χ0n) is 12.5. The Morgan fingerprint density at radius 1 is 1.23 bits per heavy atom. The van der Waals surface area contributed by atoms with Crippen molar-refractivity contribution in [3.05, 3.63) is 59.8 Å². The molecule has 0 bridgehead atoms. The summed E-state index contributed by atoms with van der Waals surface area (Å²) in [7, 11) is 0. The van der Waals surface area contributed by atoms with Gasteiger partial charge in [-0.25, -0.2) is 4.98 Å². The van der Waals surface area contributed by atoms with E-state index in [1.54, 1.807) is 0 Å². The third kappa shape index (κ3) is 3.20. The van der Waals surface area contributed by atoms with Gasteiger partial charge in [-0.2, -0.15) is 10.1 Å². The van der Waals surface area contributed by atoms with Crippen molar-refractivity contribution >= 4 is 0 Å². The van der Waals surface area contributed by atoms with Crippen LogP contribution in [0.3, 0.4) is 0 Å². The number of nitrogens with zero attached hydrogens (tertiary/aromatic N) is 4. The Morgan fingerprint density at radius 3 is 2.68 bits per heavy atom. The Bertz CT molecular complexity index is 692. The zero-order valence-corrected chi connectivity index (χ0v) is 12.5. The van der Waals surface area contributed by atoms with Crippen LogP contribution in [0.1, 0.15) is 48.9 Å². The largest absolute Gasteiger partial charge is 0.338 e. The highest BCUT2D eigenvalue weighted by Gasteiger charge is 2.18. The summed E-state index contributed by atoms with van der Waals surface area (Å²) in [6, 6.07) is 9.92. The third-order valence-corrected chi connectivity index (χ3v) is 3.30. The monoisotopic (exact) mass is 298 g/mol. The Balaban J connectivity index is 1.76. The van der Waals surface area contributed by atoms with Gasteiger partial charge in [0.15, 0.2) is 5.82 Å². The van der Waals surface area contributed by atoms with Gasteiger partial charge in [0.05, 0.1) is 12.6 Å². The fourth-order valence-electron chi connectivity index (χ4n) is 2.14. The van der Waals surface area contributed by atoms with Gasteiger partial charge in [-0.15, -0.1) is 0 Å². The number of nitrogens with one attached hydrogen (secondary N) is 2. The van der Waals surface area contributed by atoms with E-state index in [-0.39, 0.29) is 12.0 Å². The van der Waals surface area contributed by atoms with Gasteiger partial charge in [-0.1, -0.05) is 49.3 Å². The summed E-state index contributed by atoms with van der Waals surface area (Å²) < 4.78 is 5.26. The Morgan fingerprint density at radius 2 is 2.05 bits per heavy atom. The molecule has 114 valence electrons. The molecule has 1 aromatic carbocycles. The summed E-state index contributed by atoms with van der Waals surface area (Å²) in [4.78, 5) is 8.61. The van der Waals surface area contributed by atoms with Gasteiger partial charge in [-0.05, 0) is 5.56 Å². The van der Waals surface area contributed by atoms with Crippen LogP contribution in [0, 0.1) is 0 Å². The van der Waals surface area contributed by atoms with Gasteiger partial charge in [0, 0.05) is 5.92 Å². The number of rotatable bonds is 6. The van der Waals surface area contributed by atoms with Crippen molar-refractivity contribution in [2.75, 3.05) is 0 Å². The molecule has 7 heteroatoms. The molecule has 0 aliphatic heterocycles. The molecule has 2 aromatic heterocycles. The highest BCUT2D eigenvalue weighted by atomic mass is 16.5. The number of H-pyrrole nitrogens is 1. The van der Waals surface area contributed by atoms with E-state index in [1.165, 1.54) is 6.33 Å². The average Bonchev–Trinajstić information content (AvgIpc) is 3.20. The molecule has 0 aliphatic rings. The highest BCUT2D eigenvalue weighted by molar-refractivity contribution is 5.24. The third-order valence-electron chi connectivity index (χ3n) is 3.30. The maximum absolute atomic E-state index is 5.26. The molecule has 0 amide bonds. The number of aromatic amines is 1. The molecule has 3 aromatic rings. The van der Waals surface area contributed by atoms with E-state index in [4.69, 9.17) is 4.52 Å². The van der Waals surface area contributed by atoms with Crippen LogP contribution in [-0.2, 0) is 6.54 Å². The van der Waals surface area contributed by atoms with E-state index >= 15 is 0 Å². The second-order valence-electron chi connectivity index (χ2n) is 5.30. The minimum Gasteiger partial charge on any atom is -0.338 e. The Kier molecular flexibility index (Phi) is 4.24. The fourth-order valence-corrected chi connectivity index (χ4v) is 2.14. The summed E-state index contributed by atoms with van der Waals surface area (Å²) in [6.45, 7) is 4.52. The maximum Gasteiger partial charge on any atom is 0.240 e. The van der Waals surface area contributed by atoms with Crippen LogP contribution in [-0.4, -0.2) is 25.3 Å². The predicted molar refractivity (Wildman–Crippen MR) is 79.9 cm³/mol. The molecule has 0 aliphatic carbocycles. The second kappa shape index (κ2) is 6.48. The van der Waals surface area contributed by atoms with E-state index in [0.717, 1.165) is 11.4 Å². The van der Waals surface area contributed by atoms with Crippen molar-refractivity contribution in [1.29, 1.82) is 0 Å². The molecular formula is C15H18N6O. The van der Waals surface area contributed by atoms with Gasteiger partial charge in [-0.3, -0.25) is 10.4 Å². The van der Waals surface area contributed by atoms with Crippen molar-refractivity contribution in [1.82, 2.24) is 30.6 Å². The van der Waals surface area contributed by atoms with E-state index in [9.17, 15) is 0 Å². The van der Waals surface area contributed by atoms with E-state index in [2.05, 4.69) is 30.6 Å². The summed E-state index contributed by atoms with van der Waals surface area (Å²) in [5.41, 5.74) is 1.09. The van der Waals surface area contributed by atoms with Crippen molar-refractivity contribution in [2.24, 2.45) is 0 Å². The topological polar surface area (TPSA) is 92.5 Å². The first-order valence-electron chi connectivity index (χ1n) is 7.20. The van der Waals surface area contributed by atoms with Crippen LogP contribution in [0.2, 0.25) is 0 Å². The van der Waals surface area contributed by atoms with Gasteiger partial charge in [0.25, 0.3) is 0 Å². The van der Waals surface area contributed by atoms with Gasteiger partial charge < -0.3 is 4.52 Å². The molecule has 7 nitrogen and oxygen atoms in total.